The van der Waals surface area contributed by atoms with Gasteiger partial charge >= 0.3 is 11.9 Å². The monoisotopic (exact) mass is 279 g/mol. The van der Waals surface area contributed by atoms with Gasteiger partial charge in [-0.2, -0.15) is 0 Å². The van der Waals surface area contributed by atoms with Crippen molar-refractivity contribution >= 4 is 22.0 Å². The molecule has 1 rings (SSSR count). The van der Waals surface area contributed by atoms with E-state index in [4.69, 9.17) is 5.11 Å². The Morgan fingerprint density at radius 2 is 2.00 bits per heavy atom. The van der Waals surface area contributed by atoms with Crippen molar-refractivity contribution in [1.29, 1.82) is 0 Å². The molecule has 0 aliphatic carbocycles. The van der Waals surface area contributed by atoms with E-state index in [0.29, 0.717) is 0 Å². The van der Waals surface area contributed by atoms with Crippen LogP contribution in [-0.4, -0.2) is 55.7 Å². The molecule has 1 heterocycles. The van der Waals surface area contributed by atoms with Crippen LogP contribution in [0.5, 0.6) is 0 Å². The predicted molar refractivity (Wildman–Crippen MR) is 62.3 cm³/mol. The molecular weight excluding hydrogens is 262 g/mol. The Labute approximate surface area is 106 Å². The van der Waals surface area contributed by atoms with Crippen LogP contribution in [0.15, 0.2) is 0 Å². The smallest absolute Gasteiger partial charge is 0.308 e. The van der Waals surface area contributed by atoms with Gasteiger partial charge in [-0.3, -0.25) is 9.59 Å². The number of carbonyl (C=O) groups excluding carboxylic acids is 1. The lowest BCUT2D eigenvalue weighted by Crippen LogP contribution is -2.32. The summed E-state index contributed by atoms with van der Waals surface area (Å²) in [5, 5.41) is 8.93. The highest BCUT2D eigenvalue weighted by molar-refractivity contribution is 7.89. The Morgan fingerprint density at radius 3 is 2.44 bits per heavy atom. The number of rotatable bonds is 5. The Balaban J connectivity index is 2.65. The second kappa shape index (κ2) is 5.66. The Bertz CT molecular complexity index is 432. The highest BCUT2D eigenvalue weighted by Crippen LogP contribution is 2.25. The fourth-order valence-corrected chi connectivity index (χ4v) is 3.45. The van der Waals surface area contributed by atoms with Crippen LogP contribution in [-0.2, 0) is 24.3 Å². The zero-order valence-corrected chi connectivity index (χ0v) is 11.1. The van der Waals surface area contributed by atoms with Crippen LogP contribution in [0.25, 0.3) is 0 Å². The first-order valence-electron chi connectivity index (χ1n) is 5.55. The molecular formula is C10H17NO6S. The summed E-state index contributed by atoms with van der Waals surface area (Å²) in [5.41, 5.74) is 0. The van der Waals surface area contributed by atoms with Gasteiger partial charge in [0, 0.05) is 13.1 Å². The van der Waals surface area contributed by atoms with Gasteiger partial charge < -0.3 is 9.84 Å². The summed E-state index contributed by atoms with van der Waals surface area (Å²) in [6.07, 6.45) is -0.221. The molecule has 8 heteroatoms. The second-order valence-electron chi connectivity index (χ2n) is 4.38. The standard InChI is InChI=1S/C10H17NO6S/c1-7-5-11(6-8(7)10(13)14)18(15,16)4-3-9(12)17-2/h7-8H,3-6H2,1-2H3,(H,13,14). The minimum Gasteiger partial charge on any atom is -0.481 e. The average molecular weight is 279 g/mol. The van der Waals surface area contributed by atoms with Gasteiger partial charge in [0.05, 0.1) is 25.2 Å². The molecule has 2 atom stereocenters. The molecule has 0 aromatic heterocycles. The van der Waals surface area contributed by atoms with Crippen LogP contribution < -0.4 is 0 Å². The van der Waals surface area contributed by atoms with E-state index in [9.17, 15) is 18.0 Å². The molecule has 0 aromatic carbocycles. The molecule has 0 spiro atoms. The molecule has 2 unspecified atom stereocenters. The summed E-state index contributed by atoms with van der Waals surface area (Å²) >= 11 is 0. The summed E-state index contributed by atoms with van der Waals surface area (Å²) in [7, 11) is -2.41. The first-order chi connectivity index (χ1) is 8.27. The molecule has 0 bridgehead atoms. The van der Waals surface area contributed by atoms with Gasteiger partial charge in [-0.1, -0.05) is 6.92 Å². The summed E-state index contributed by atoms with van der Waals surface area (Å²) in [6.45, 7) is 1.86. The number of methoxy groups -OCH3 is 1. The SMILES string of the molecule is COC(=O)CCS(=O)(=O)N1CC(C)C(C(=O)O)C1. The number of carboxylic acid groups (broad SMARTS) is 1. The van der Waals surface area contributed by atoms with Crippen molar-refractivity contribution in [3.8, 4) is 0 Å². The Kier molecular flexibility index (Phi) is 4.69. The van der Waals surface area contributed by atoms with Gasteiger partial charge in [0.15, 0.2) is 0 Å². The maximum atomic E-state index is 11.9. The van der Waals surface area contributed by atoms with Crippen LogP contribution in [0.3, 0.4) is 0 Å². The Hall–Kier alpha value is -1.15. The van der Waals surface area contributed by atoms with Crippen LogP contribution in [0.2, 0.25) is 0 Å². The number of carbonyl (C=O) groups is 2. The van der Waals surface area contributed by atoms with E-state index < -0.39 is 27.9 Å². The normalized spacial score (nSPS) is 25.0. The largest absolute Gasteiger partial charge is 0.481 e. The highest BCUT2D eigenvalue weighted by atomic mass is 32.2. The number of esters is 1. The van der Waals surface area contributed by atoms with Crippen molar-refractivity contribution < 1.29 is 27.9 Å². The third-order valence-corrected chi connectivity index (χ3v) is 4.89. The maximum Gasteiger partial charge on any atom is 0.308 e. The van der Waals surface area contributed by atoms with Crippen LogP contribution in [0, 0.1) is 11.8 Å². The first kappa shape index (κ1) is 14.9. The van der Waals surface area contributed by atoms with Gasteiger partial charge in [0.25, 0.3) is 0 Å². The van der Waals surface area contributed by atoms with E-state index in [0.717, 1.165) is 4.31 Å². The molecule has 104 valence electrons. The molecule has 1 aliphatic heterocycles. The summed E-state index contributed by atoms with van der Waals surface area (Å²) in [5.74, 6) is -2.85. The van der Waals surface area contributed by atoms with Crippen LogP contribution >= 0.6 is 0 Å². The van der Waals surface area contributed by atoms with E-state index in [2.05, 4.69) is 4.74 Å². The van der Waals surface area contributed by atoms with E-state index in [-0.39, 0.29) is 31.2 Å². The number of aliphatic carboxylic acids is 1. The topological polar surface area (TPSA) is 101 Å². The average Bonchev–Trinajstić information content (AvgIpc) is 2.69. The molecule has 0 amide bonds. The van der Waals surface area contributed by atoms with Gasteiger partial charge in [-0.05, 0) is 5.92 Å². The molecule has 1 fully saturated rings. The van der Waals surface area contributed by atoms with E-state index >= 15 is 0 Å². The second-order valence-corrected chi connectivity index (χ2v) is 6.47. The van der Waals surface area contributed by atoms with Gasteiger partial charge in [-0.15, -0.1) is 0 Å². The molecule has 0 aromatic rings. The summed E-state index contributed by atoms with van der Waals surface area (Å²) < 4.78 is 29.3. The quantitative estimate of drug-likeness (QED) is 0.683. The molecule has 0 radical (unpaired) electrons. The minimum atomic E-state index is -3.60. The molecule has 1 saturated heterocycles. The number of hydrogen-bond acceptors (Lipinski definition) is 5. The predicted octanol–water partition coefficient (Wildman–Crippen LogP) is -0.468. The lowest BCUT2D eigenvalue weighted by Gasteiger charge is -2.15. The third-order valence-electron chi connectivity index (χ3n) is 3.08. The van der Waals surface area contributed by atoms with Crippen molar-refractivity contribution in [3.05, 3.63) is 0 Å². The van der Waals surface area contributed by atoms with E-state index in [1.54, 1.807) is 6.92 Å². The van der Waals surface area contributed by atoms with Crippen molar-refractivity contribution in [3.63, 3.8) is 0 Å². The first-order valence-corrected chi connectivity index (χ1v) is 7.16. The minimum absolute atomic E-state index is 0.0278. The third kappa shape index (κ3) is 3.42. The zero-order chi connectivity index (χ0) is 13.9. The van der Waals surface area contributed by atoms with Crippen molar-refractivity contribution in [2.24, 2.45) is 11.8 Å². The zero-order valence-electron chi connectivity index (χ0n) is 10.3. The fourth-order valence-electron chi connectivity index (χ4n) is 1.91. The van der Waals surface area contributed by atoms with E-state index in [1.165, 1.54) is 7.11 Å². The molecule has 1 N–H and O–H groups in total. The number of ether oxygens (including phenoxy) is 1. The molecule has 18 heavy (non-hydrogen) atoms. The lowest BCUT2D eigenvalue weighted by molar-refractivity contribution is -0.142. The summed E-state index contributed by atoms with van der Waals surface area (Å²) in [4.78, 5) is 21.8. The molecule has 7 nitrogen and oxygen atoms in total. The van der Waals surface area contributed by atoms with Crippen LogP contribution in [0.1, 0.15) is 13.3 Å². The number of hydrogen-bond donors (Lipinski definition) is 1. The van der Waals surface area contributed by atoms with Crippen molar-refractivity contribution in [2.75, 3.05) is 26.0 Å². The van der Waals surface area contributed by atoms with Gasteiger partial charge in [0.2, 0.25) is 10.0 Å². The fraction of sp³-hybridized carbons (Fsp3) is 0.800. The molecule has 0 saturated carbocycles. The number of carboxylic acids is 1. The number of nitrogens with zero attached hydrogens (tertiary/aromatic N) is 1. The van der Waals surface area contributed by atoms with Crippen molar-refractivity contribution in [2.45, 2.75) is 13.3 Å². The summed E-state index contributed by atoms with van der Waals surface area (Å²) in [6, 6.07) is 0. The molecule has 1 aliphatic rings. The number of sulfonamides is 1. The van der Waals surface area contributed by atoms with Crippen LogP contribution in [0.4, 0.5) is 0 Å². The van der Waals surface area contributed by atoms with Gasteiger partial charge in [-0.25, -0.2) is 12.7 Å². The Morgan fingerprint density at radius 1 is 1.39 bits per heavy atom. The van der Waals surface area contributed by atoms with Gasteiger partial charge in [0.1, 0.15) is 0 Å². The van der Waals surface area contributed by atoms with E-state index in [1.807, 2.05) is 0 Å². The van der Waals surface area contributed by atoms with Crippen molar-refractivity contribution in [1.82, 2.24) is 4.31 Å². The highest BCUT2D eigenvalue weighted by Gasteiger charge is 2.39. The lowest BCUT2D eigenvalue weighted by atomic mass is 9.99. The maximum absolute atomic E-state index is 11.9.